The second kappa shape index (κ2) is 7.16. The smallest absolute Gasteiger partial charge is 0.206 e. The number of benzene rings is 1. The van der Waals surface area contributed by atoms with E-state index in [1.807, 2.05) is 30.3 Å². The molecule has 5 rings (SSSR count). The Morgan fingerprint density at radius 2 is 1.78 bits per heavy atom. The van der Waals surface area contributed by atoms with E-state index in [4.69, 9.17) is 11.1 Å². The van der Waals surface area contributed by atoms with Gasteiger partial charge in [0.25, 0.3) is 0 Å². The fourth-order valence-electron chi connectivity index (χ4n) is 7.96. The molecule has 4 aliphatic carbocycles. The minimum Gasteiger partial charge on any atom is -0.389 e. The predicted octanol–water partition coefficient (Wildman–Crippen LogP) is 3.79. The number of hydrogen-bond acceptors (Lipinski definition) is 4. The Kier molecular flexibility index (Phi) is 4.84. The van der Waals surface area contributed by atoms with E-state index in [-0.39, 0.29) is 17.3 Å². The lowest BCUT2D eigenvalue weighted by Gasteiger charge is -2.62. The van der Waals surface area contributed by atoms with Crippen molar-refractivity contribution >= 4 is 11.7 Å². The molecule has 0 spiro atoms. The Morgan fingerprint density at radius 1 is 1.03 bits per heavy atom. The Balaban J connectivity index is 1.48. The molecule has 3 saturated carbocycles. The number of nitrogens with two attached hydrogens (primary N) is 1. The van der Waals surface area contributed by atoms with Crippen LogP contribution in [-0.4, -0.2) is 27.5 Å². The minimum atomic E-state index is -0.990. The molecule has 6 heteroatoms. The third kappa shape index (κ3) is 2.78. The predicted molar refractivity (Wildman–Crippen MR) is 126 cm³/mol. The van der Waals surface area contributed by atoms with Crippen LogP contribution in [-0.2, 0) is 5.60 Å². The van der Waals surface area contributed by atoms with Crippen molar-refractivity contribution in [2.45, 2.75) is 76.4 Å². The van der Waals surface area contributed by atoms with Crippen LogP contribution in [0.15, 0.2) is 47.1 Å². The molecule has 0 aromatic heterocycles. The van der Waals surface area contributed by atoms with E-state index in [0.717, 1.165) is 49.8 Å². The number of rotatable bonds is 2. The summed E-state index contributed by atoms with van der Waals surface area (Å²) in [6.45, 7) is 4.51. The average molecular weight is 437 g/mol. The van der Waals surface area contributed by atoms with Gasteiger partial charge in [0.2, 0.25) is 5.96 Å². The van der Waals surface area contributed by atoms with E-state index in [1.165, 1.54) is 5.57 Å². The standard InChI is InChI=1S/C26H36N4O2/c1-23-12-10-19(29-30-22(27)28)16-18(23)8-9-21-20(23)11-13-24(2)25(31,14-15-26(21,24)32)17-6-4-3-5-7-17/h3-7,16,20-21,31-32H,8-15H2,1-2H3,(H4,27,28,30)/t20-,21-,23+,24-,25?,26-/m1/s1. The highest BCUT2D eigenvalue weighted by Crippen LogP contribution is 2.71. The van der Waals surface area contributed by atoms with Crippen molar-refractivity contribution in [3.05, 3.63) is 47.5 Å². The zero-order chi connectivity index (χ0) is 22.8. The number of guanidine groups is 1. The molecule has 172 valence electrons. The molecule has 0 saturated heterocycles. The first-order valence-electron chi connectivity index (χ1n) is 12.0. The van der Waals surface area contributed by atoms with Gasteiger partial charge in [0, 0.05) is 5.41 Å². The molecule has 6 N–H and O–H groups in total. The van der Waals surface area contributed by atoms with E-state index in [9.17, 15) is 10.2 Å². The maximum atomic E-state index is 12.3. The van der Waals surface area contributed by atoms with Gasteiger partial charge < -0.3 is 15.9 Å². The average Bonchev–Trinajstić information content (AvgIpc) is 3.00. The summed E-state index contributed by atoms with van der Waals surface area (Å²) in [5.41, 5.74) is 8.92. The fourth-order valence-corrected chi connectivity index (χ4v) is 7.96. The van der Waals surface area contributed by atoms with Crippen molar-refractivity contribution in [1.82, 2.24) is 5.43 Å². The minimum absolute atomic E-state index is 0.0443. The lowest BCUT2D eigenvalue weighted by molar-refractivity contribution is -0.221. The van der Waals surface area contributed by atoms with Gasteiger partial charge in [0.05, 0.1) is 16.9 Å². The summed E-state index contributed by atoms with van der Waals surface area (Å²) in [6, 6.07) is 9.99. The highest BCUT2D eigenvalue weighted by atomic mass is 16.3. The van der Waals surface area contributed by atoms with E-state index in [2.05, 4.69) is 30.5 Å². The monoisotopic (exact) mass is 436 g/mol. The molecule has 32 heavy (non-hydrogen) atoms. The molecule has 0 aliphatic heterocycles. The van der Waals surface area contributed by atoms with Crippen LogP contribution in [0.1, 0.15) is 70.8 Å². The van der Waals surface area contributed by atoms with Gasteiger partial charge in [-0.2, -0.15) is 5.10 Å². The fraction of sp³-hybridized carbons (Fsp3) is 0.615. The van der Waals surface area contributed by atoms with Crippen molar-refractivity contribution in [2.24, 2.45) is 33.5 Å². The summed E-state index contributed by atoms with van der Waals surface area (Å²) in [7, 11) is 0. The van der Waals surface area contributed by atoms with E-state index < -0.39 is 16.6 Å². The molecule has 6 atom stereocenters. The van der Waals surface area contributed by atoms with Crippen LogP contribution in [0.4, 0.5) is 0 Å². The first-order chi connectivity index (χ1) is 15.1. The summed E-state index contributed by atoms with van der Waals surface area (Å²) in [4.78, 5) is 0. The largest absolute Gasteiger partial charge is 0.389 e. The molecule has 1 aromatic rings. The third-order valence-electron chi connectivity index (χ3n) is 9.88. The van der Waals surface area contributed by atoms with Crippen LogP contribution in [0.2, 0.25) is 0 Å². The quantitative estimate of drug-likeness (QED) is 0.276. The molecule has 1 aromatic carbocycles. The summed E-state index contributed by atoms with van der Waals surface area (Å²) in [6.07, 6.45) is 9.02. The molecule has 0 amide bonds. The zero-order valence-corrected chi connectivity index (χ0v) is 19.2. The first-order valence-corrected chi connectivity index (χ1v) is 12.0. The number of aliphatic hydroxyl groups is 2. The van der Waals surface area contributed by atoms with Crippen LogP contribution in [0, 0.1) is 28.1 Å². The SMILES string of the molecule is C[C@]12CCC(=NNC(=N)N)C=C1CC[C@@H]1[C@H]2CC[C@]2(C)C(O)(c3ccccc3)CC[C@@]12O. The van der Waals surface area contributed by atoms with Gasteiger partial charge in [0.15, 0.2) is 0 Å². The molecule has 0 bridgehead atoms. The second-order valence-electron chi connectivity index (χ2n) is 11.0. The van der Waals surface area contributed by atoms with Crippen molar-refractivity contribution in [2.75, 3.05) is 0 Å². The lowest BCUT2D eigenvalue weighted by Crippen LogP contribution is -2.63. The molecule has 0 heterocycles. The Hall–Kier alpha value is -2.18. The maximum Gasteiger partial charge on any atom is 0.206 e. The van der Waals surface area contributed by atoms with Gasteiger partial charge in [-0.3, -0.25) is 5.41 Å². The molecule has 1 unspecified atom stereocenters. The number of hydrazone groups is 1. The van der Waals surface area contributed by atoms with Crippen molar-refractivity contribution in [3.8, 4) is 0 Å². The highest BCUT2D eigenvalue weighted by molar-refractivity contribution is 5.97. The zero-order valence-electron chi connectivity index (χ0n) is 19.2. The van der Waals surface area contributed by atoms with Crippen LogP contribution in [0.5, 0.6) is 0 Å². The van der Waals surface area contributed by atoms with E-state index in [0.29, 0.717) is 18.8 Å². The molecule has 0 radical (unpaired) electrons. The maximum absolute atomic E-state index is 12.3. The second-order valence-corrected chi connectivity index (χ2v) is 11.0. The number of allylic oxidation sites excluding steroid dienone is 2. The molecular formula is C26H36N4O2. The topological polar surface area (TPSA) is 115 Å². The van der Waals surface area contributed by atoms with Gasteiger partial charge in [-0.1, -0.05) is 49.8 Å². The Labute approximate surface area is 190 Å². The van der Waals surface area contributed by atoms with Crippen LogP contribution in [0.3, 0.4) is 0 Å². The summed E-state index contributed by atoms with van der Waals surface area (Å²) < 4.78 is 0. The van der Waals surface area contributed by atoms with Gasteiger partial charge in [-0.15, -0.1) is 0 Å². The number of fused-ring (bicyclic) bond motifs is 5. The van der Waals surface area contributed by atoms with Crippen molar-refractivity contribution < 1.29 is 10.2 Å². The molecular weight excluding hydrogens is 400 g/mol. The highest BCUT2D eigenvalue weighted by Gasteiger charge is 2.71. The van der Waals surface area contributed by atoms with Crippen LogP contribution in [0.25, 0.3) is 0 Å². The van der Waals surface area contributed by atoms with Crippen molar-refractivity contribution in [3.63, 3.8) is 0 Å². The summed E-state index contributed by atoms with van der Waals surface area (Å²) in [5.74, 6) is 0.449. The van der Waals surface area contributed by atoms with Crippen LogP contribution < -0.4 is 11.2 Å². The number of nitrogens with one attached hydrogen (secondary N) is 2. The van der Waals surface area contributed by atoms with Gasteiger partial charge >= 0.3 is 0 Å². The lowest BCUT2D eigenvalue weighted by atomic mass is 9.44. The van der Waals surface area contributed by atoms with E-state index in [1.54, 1.807) is 0 Å². The Morgan fingerprint density at radius 3 is 2.50 bits per heavy atom. The van der Waals surface area contributed by atoms with Gasteiger partial charge in [0.1, 0.15) is 0 Å². The third-order valence-corrected chi connectivity index (χ3v) is 9.88. The molecule has 6 nitrogen and oxygen atoms in total. The molecule has 4 aliphatic rings. The first kappa shape index (κ1) is 21.7. The normalized spacial score (nSPS) is 44.2. The summed E-state index contributed by atoms with van der Waals surface area (Å²) in [5, 5.41) is 35.9. The molecule has 3 fully saturated rings. The van der Waals surface area contributed by atoms with Crippen molar-refractivity contribution in [1.29, 1.82) is 5.41 Å². The number of hydrogen-bond donors (Lipinski definition) is 5. The summed E-state index contributed by atoms with van der Waals surface area (Å²) >= 11 is 0. The van der Waals surface area contributed by atoms with E-state index >= 15 is 0 Å². The Bertz CT molecular complexity index is 991. The van der Waals surface area contributed by atoms with Gasteiger partial charge in [-0.05, 0) is 80.3 Å². The van der Waals surface area contributed by atoms with Gasteiger partial charge in [-0.25, -0.2) is 5.43 Å². The van der Waals surface area contributed by atoms with Crippen LogP contribution >= 0.6 is 0 Å². The number of nitrogens with zero attached hydrogens (tertiary/aromatic N) is 1.